The number of aliphatic hydroxyl groups is 1. The number of halogens is 1. The molecule has 0 spiro atoms. The van der Waals surface area contributed by atoms with Crippen LogP contribution in [0.5, 0.6) is 5.75 Å². The molecular weight excluding hydrogens is 358 g/mol. The quantitative estimate of drug-likeness (QED) is 0.830. The maximum Gasteiger partial charge on any atom is 0.290 e. The topological polar surface area (TPSA) is 91.0 Å². The van der Waals surface area contributed by atoms with Crippen molar-refractivity contribution < 1.29 is 24.2 Å². The van der Waals surface area contributed by atoms with Gasteiger partial charge in [0.25, 0.3) is 5.91 Å². The van der Waals surface area contributed by atoms with Gasteiger partial charge in [-0.2, -0.15) is 0 Å². The van der Waals surface area contributed by atoms with E-state index in [2.05, 4.69) is 0 Å². The van der Waals surface area contributed by atoms with Gasteiger partial charge in [-0.05, 0) is 29.8 Å². The van der Waals surface area contributed by atoms with Gasteiger partial charge in [-0.25, -0.2) is 0 Å². The largest absolute Gasteiger partial charge is 0.506 e. The number of rotatable bonds is 5. The molecule has 0 radical (unpaired) electrons. The van der Waals surface area contributed by atoms with E-state index in [1.54, 1.807) is 32.0 Å². The van der Waals surface area contributed by atoms with Crippen molar-refractivity contribution in [3.05, 3.63) is 64.3 Å². The van der Waals surface area contributed by atoms with Crippen LogP contribution < -0.4 is 0 Å². The number of ketones is 1. The van der Waals surface area contributed by atoms with Crippen molar-refractivity contribution in [1.29, 1.82) is 0 Å². The lowest BCUT2D eigenvalue weighted by atomic mass is 9.91. The fraction of sp³-hybridized carbons (Fsp3) is 0.263. The maximum absolute atomic E-state index is 12.7. The molecule has 7 heteroatoms. The number of hydrogen-bond acceptors (Lipinski definition) is 5. The van der Waals surface area contributed by atoms with E-state index in [-0.39, 0.29) is 28.7 Å². The number of aliphatic hydroxyl groups excluding tert-OH is 1. The average molecular weight is 376 g/mol. The third kappa shape index (κ3) is 3.08. The first kappa shape index (κ1) is 18.1. The van der Waals surface area contributed by atoms with Gasteiger partial charge in [0, 0.05) is 5.92 Å². The highest BCUT2D eigenvalue weighted by atomic mass is 35.5. The second kappa shape index (κ2) is 6.88. The predicted octanol–water partition coefficient (Wildman–Crippen LogP) is 3.76. The molecule has 0 bridgehead atoms. The number of furan rings is 1. The Morgan fingerprint density at radius 1 is 1.31 bits per heavy atom. The molecule has 0 fully saturated rings. The van der Waals surface area contributed by atoms with E-state index in [1.165, 1.54) is 23.3 Å². The number of phenolic OH excluding ortho intramolecular Hbond substituents is 1. The molecular formula is C19H18ClNO5. The van der Waals surface area contributed by atoms with E-state index in [4.69, 9.17) is 16.0 Å². The Kier molecular flexibility index (Phi) is 4.78. The van der Waals surface area contributed by atoms with Crippen molar-refractivity contribution in [2.24, 2.45) is 5.92 Å². The van der Waals surface area contributed by atoms with Crippen molar-refractivity contribution in [3.8, 4) is 5.75 Å². The van der Waals surface area contributed by atoms with Crippen LogP contribution in [-0.4, -0.2) is 26.8 Å². The normalized spacial score (nSPS) is 17.5. The smallest absolute Gasteiger partial charge is 0.290 e. The molecule has 0 aliphatic carbocycles. The molecule has 3 rings (SSSR count). The Morgan fingerprint density at radius 2 is 2.04 bits per heavy atom. The summed E-state index contributed by atoms with van der Waals surface area (Å²) in [5, 5.41) is 20.2. The standard InChI is InChI=1S/C19H18ClNO5/c1-10(2)17(23)15-16(11-5-6-14(22)13(20)8-11)21(19(25)18(15)24)9-12-4-3-7-26-12/h3-8,10,16,22,24H,9H2,1-2H3. The average Bonchev–Trinajstić information content (AvgIpc) is 3.19. The number of carbonyl (C=O) groups excluding carboxylic acids is 2. The van der Waals surface area contributed by atoms with Crippen molar-refractivity contribution >= 4 is 23.3 Å². The summed E-state index contributed by atoms with van der Waals surface area (Å²) >= 11 is 6.01. The summed E-state index contributed by atoms with van der Waals surface area (Å²) in [7, 11) is 0. The van der Waals surface area contributed by atoms with Crippen molar-refractivity contribution in [2.45, 2.75) is 26.4 Å². The summed E-state index contributed by atoms with van der Waals surface area (Å²) in [6.07, 6.45) is 1.48. The number of aromatic hydroxyl groups is 1. The summed E-state index contributed by atoms with van der Waals surface area (Å²) in [6, 6.07) is 7.01. The number of Topliss-reactive ketones (excluding diaryl/α,β-unsaturated/α-hetero) is 1. The Balaban J connectivity index is 2.11. The summed E-state index contributed by atoms with van der Waals surface area (Å²) in [6.45, 7) is 3.47. The van der Waals surface area contributed by atoms with E-state index in [0.717, 1.165) is 0 Å². The lowest BCUT2D eigenvalue weighted by Crippen LogP contribution is -2.31. The van der Waals surface area contributed by atoms with Crippen LogP contribution in [0.3, 0.4) is 0 Å². The Bertz CT molecular complexity index is 885. The van der Waals surface area contributed by atoms with Gasteiger partial charge in [-0.3, -0.25) is 9.59 Å². The molecule has 1 aliphatic rings. The van der Waals surface area contributed by atoms with Crippen LogP contribution in [-0.2, 0) is 16.1 Å². The molecule has 2 heterocycles. The summed E-state index contributed by atoms with van der Waals surface area (Å²) in [5.41, 5.74) is 0.541. The van der Waals surface area contributed by atoms with Crippen LogP contribution in [0.4, 0.5) is 0 Å². The molecule has 1 amide bonds. The van der Waals surface area contributed by atoms with E-state index in [9.17, 15) is 19.8 Å². The third-order valence-corrected chi connectivity index (χ3v) is 4.59. The lowest BCUT2D eigenvalue weighted by Gasteiger charge is -2.26. The number of carbonyl (C=O) groups is 2. The molecule has 136 valence electrons. The van der Waals surface area contributed by atoms with E-state index in [1.807, 2.05) is 0 Å². The number of benzene rings is 1. The molecule has 0 saturated carbocycles. The zero-order valence-corrected chi connectivity index (χ0v) is 15.0. The van der Waals surface area contributed by atoms with E-state index in [0.29, 0.717) is 11.3 Å². The Labute approximate surface area is 155 Å². The summed E-state index contributed by atoms with van der Waals surface area (Å²) in [5.74, 6) is -1.55. The Morgan fingerprint density at radius 3 is 2.62 bits per heavy atom. The molecule has 2 aromatic rings. The third-order valence-electron chi connectivity index (χ3n) is 4.29. The first-order valence-corrected chi connectivity index (χ1v) is 8.48. The van der Waals surface area contributed by atoms with Crippen LogP contribution >= 0.6 is 11.6 Å². The molecule has 1 aromatic carbocycles. The second-order valence-electron chi connectivity index (χ2n) is 6.41. The van der Waals surface area contributed by atoms with Crippen molar-refractivity contribution in [1.82, 2.24) is 4.90 Å². The minimum Gasteiger partial charge on any atom is -0.506 e. The van der Waals surface area contributed by atoms with Gasteiger partial charge < -0.3 is 19.5 Å². The van der Waals surface area contributed by atoms with E-state index < -0.39 is 23.6 Å². The zero-order valence-electron chi connectivity index (χ0n) is 14.3. The highest BCUT2D eigenvalue weighted by Crippen LogP contribution is 2.41. The van der Waals surface area contributed by atoms with Gasteiger partial charge in [0.15, 0.2) is 11.5 Å². The van der Waals surface area contributed by atoms with Gasteiger partial charge in [0.2, 0.25) is 0 Å². The first-order valence-electron chi connectivity index (χ1n) is 8.10. The highest BCUT2D eigenvalue weighted by Gasteiger charge is 2.44. The van der Waals surface area contributed by atoms with E-state index >= 15 is 0 Å². The SMILES string of the molecule is CC(C)C(=O)C1=C(O)C(=O)N(Cc2ccco2)C1c1ccc(O)c(Cl)c1. The molecule has 0 saturated heterocycles. The molecule has 1 unspecified atom stereocenters. The molecule has 1 atom stereocenters. The summed E-state index contributed by atoms with van der Waals surface area (Å²) < 4.78 is 5.30. The predicted molar refractivity (Wildman–Crippen MR) is 94.6 cm³/mol. The molecule has 6 nitrogen and oxygen atoms in total. The van der Waals surface area contributed by atoms with Gasteiger partial charge in [-0.15, -0.1) is 0 Å². The van der Waals surface area contributed by atoms with Gasteiger partial charge in [-0.1, -0.05) is 31.5 Å². The van der Waals surface area contributed by atoms with Crippen LogP contribution in [0.1, 0.15) is 31.2 Å². The minimum absolute atomic E-state index is 0.0262. The van der Waals surface area contributed by atoms with Crippen molar-refractivity contribution in [3.63, 3.8) is 0 Å². The zero-order chi connectivity index (χ0) is 19.0. The maximum atomic E-state index is 12.7. The van der Waals surface area contributed by atoms with Gasteiger partial charge in [0.05, 0.1) is 29.4 Å². The van der Waals surface area contributed by atoms with Crippen LogP contribution in [0.25, 0.3) is 0 Å². The van der Waals surface area contributed by atoms with Crippen molar-refractivity contribution in [2.75, 3.05) is 0 Å². The van der Waals surface area contributed by atoms with Crippen LogP contribution in [0, 0.1) is 5.92 Å². The number of amides is 1. The number of nitrogens with zero attached hydrogens (tertiary/aromatic N) is 1. The summed E-state index contributed by atoms with van der Waals surface area (Å²) in [4.78, 5) is 26.7. The minimum atomic E-state index is -0.819. The van der Waals surface area contributed by atoms with Crippen LogP contribution in [0.2, 0.25) is 5.02 Å². The van der Waals surface area contributed by atoms with Gasteiger partial charge >= 0.3 is 0 Å². The molecule has 26 heavy (non-hydrogen) atoms. The number of phenols is 1. The van der Waals surface area contributed by atoms with Gasteiger partial charge in [0.1, 0.15) is 11.5 Å². The lowest BCUT2D eigenvalue weighted by molar-refractivity contribution is -0.130. The molecule has 2 N–H and O–H groups in total. The van der Waals surface area contributed by atoms with Crippen LogP contribution in [0.15, 0.2) is 52.3 Å². The number of hydrogen-bond donors (Lipinski definition) is 2. The second-order valence-corrected chi connectivity index (χ2v) is 6.81. The first-order chi connectivity index (χ1) is 12.3. The molecule has 1 aromatic heterocycles. The fourth-order valence-electron chi connectivity index (χ4n) is 2.99. The fourth-order valence-corrected chi connectivity index (χ4v) is 3.18. The Hall–Kier alpha value is -2.73. The molecule has 1 aliphatic heterocycles. The monoisotopic (exact) mass is 375 g/mol. The highest BCUT2D eigenvalue weighted by molar-refractivity contribution is 6.32.